The molecule has 252 valence electrons. The molecule has 0 saturated carbocycles. The van der Waals surface area contributed by atoms with E-state index in [-0.39, 0.29) is 0 Å². The third-order valence-electron chi connectivity index (χ3n) is 10.5. The van der Waals surface area contributed by atoms with Gasteiger partial charge >= 0.3 is 0 Å². The highest BCUT2D eigenvalue weighted by Gasteiger charge is 2.25. The van der Waals surface area contributed by atoms with Crippen LogP contribution in [0.2, 0.25) is 0 Å². The van der Waals surface area contributed by atoms with Crippen molar-refractivity contribution in [3.05, 3.63) is 186 Å². The van der Waals surface area contributed by atoms with Crippen molar-refractivity contribution < 1.29 is 0 Å². The molecule has 0 amide bonds. The molecule has 4 aliphatic rings. The van der Waals surface area contributed by atoms with Crippen LogP contribution in [-0.2, 0) is 0 Å². The van der Waals surface area contributed by atoms with Gasteiger partial charge in [0.15, 0.2) is 0 Å². The Bertz CT molecular complexity index is 1890. The standard InChI is InChI=1S/C48H50N2/c1-36(37-15-6-2-7-16-37)33-44(31-32-49-45-23-12-5-13-24-45)43-27-30-48(47(35-43)40-19-10-4-11-20-40)50-46-28-25-39(26-29-46)42-22-14-21-41(34-42)38-17-8-3-9-18-38/h2,5-8,12-19,21,23-25,27-28,30-35,39,42,46,49-50H,1,3-4,9-11,20,22,26,29H2/b32-31-,44-33+. The van der Waals surface area contributed by atoms with E-state index in [0.717, 1.165) is 60.9 Å². The van der Waals surface area contributed by atoms with Crippen molar-refractivity contribution in [2.45, 2.75) is 63.8 Å². The van der Waals surface area contributed by atoms with Crippen LogP contribution in [0.15, 0.2) is 170 Å². The van der Waals surface area contributed by atoms with Gasteiger partial charge in [0, 0.05) is 29.2 Å². The molecule has 3 aromatic rings. The molecule has 2 heteroatoms. The SMILES string of the molecule is C=C(/C=C(\C=C/Nc1ccccc1)c1ccc(NC2C=CC(C3C=C(C4=CCCC=C4)C=CC3)CC2)c(C2=CCCCC2)c1)c1ccccc1. The number of anilines is 2. The number of para-hydroxylation sites is 1. The van der Waals surface area contributed by atoms with Gasteiger partial charge in [0.1, 0.15) is 0 Å². The summed E-state index contributed by atoms with van der Waals surface area (Å²) in [6.45, 7) is 4.46. The summed E-state index contributed by atoms with van der Waals surface area (Å²) < 4.78 is 0. The molecule has 0 fully saturated rings. The minimum absolute atomic E-state index is 0.328. The summed E-state index contributed by atoms with van der Waals surface area (Å²) in [4.78, 5) is 0. The van der Waals surface area contributed by atoms with Gasteiger partial charge in [0.25, 0.3) is 0 Å². The quantitative estimate of drug-likeness (QED) is 0.159. The van der Waals surface area contributed by atoms with Crippen molar-refractivity contribution in [1.82, 2.24) is 0 Å². The normalized spacial score (nSPS) is 22.1. The monoisotopic (exact) mass is 654 g/mol. The predicted molar refractivity (Wildman–Crippen MR) is 217 cm³/mol. The Labute approximate surface area is 299 Å². The first-order valence-electron chi connectivity index (χ1n) is 18.7. The topological polar surface area (TPSA) is 24.1 Å². The lowest BCUT2D eigenvalue weighted by Gasteiger charge is -2.31. The first-order valence-corrected chi connectivity index (χ1v) is 18.7. The molecule has 7 rings (SSSR count). The lowest BCUT2D eigenvalue weighted by Crippen LogP contribution is -2.25. The zero-order valence-corrected chi connectivity index (χ0v) is 29.2. The Morgan fingerprint density at radius 1 is 0.740 bits per heavy atom. The average molecular weight is 655 g/mol. The maximum atomic E-state index is 4.46. The predicted octanol–water partition coefficient (Wildman–Crippen LogP) is 12.9. The summed E-state index contributed by atoms with van der Waals surface area (Å²) >= 11 is 0. The fraction of sp³-hybridized carbons (Fsp3) is 0.250. The minimum Gasteiger partial charge on any atom is -0.378 e. The van der Waals surface area contributed by atoms with Crippen molar-refractivity contribution in [2.75, 3.05) is 10.6 Å². The van der Waals surface area contributed by atoms with Gasteiger partial charge in [0.2, 0.25) is 0 Å². The number of nitrogens with one attached hydrogen (secondary N) is 2. The molecule has 0 bridgehead atoms. The van der Waals surface area contributed by atoms with E-state index < -0.39 is 0 Å². The van der Waals surface area contributed by atoms with Gasteiger partial charge in [-0.05, 0) is 145 Å². The van der Waals surface area contributed by atoms with E-state index >= 15 is 0 Å². The largest absolute Gasteiger partial charge is 0.378 e. The van der Waals surface area contributed by atoms with E-state index in [1.165, 1.54) is 52.8 Å². The van der Waals surface area contributed by atoms with Crippen LogP contribution in [0.25, 0.3) is 16.7 Å². The molecule has 0 aromatic heterocycles. The average Bonchev–Trinajstić information content (AvgIpc) is 3.19. The summed E-state index contributed by atoms with van der Waals surface area (Å²) in [5.41, 5.74) is 12.3. The van der Waals surface area contributed by atoms with Gasteiger partial charge in [-0.25, -0.2) is 0 Å². The number of benzene rings is 3. The van der Waals surface area contributed by atoms with Crippen LogP contribution in [0, 0.1) is 11.8 Å². The molecule has 50 heavy (non-hydrogen) atoms. The Kier molecular flexibility index (Phi) is 11.1. The van der Waals surface area contributed by atoms with Gasteiger partial charge < -0.3 is 10.6 Å². The zero-order valence-electron chi connectivity index (χ0n) is 29.2. The van der Waals surface area contributed by atoms with Crippen LogP contribution in [0.4, 0.5) is 11.4 Å². The molecule has 0 heterocycles. The first kappa shape index (κ1) is 33.4. The summed E-state index contributed by atoms with van der Waals surface area (Å²) in [5, 5.41) is 7.44. The van der Waals surface area contributed by atoms with Gasteiger partial charge in [-0.3, -0.25) is 0 Å². The van der Waals surface area contributed by atoms with Gasteiger partial charge in [-0.2, -0.15) is 0 Å². The molecule has 4 aliphatic carbocycles. The number of hydrogen-bond acceptors (Lipinski definition) is 2. The maximum absolute atomic E-state index is 4.46. The van der Waals surface area contributed by atoms with E-state index in [2.05, 4.69) is 157 Å². The second kappa shape index (κ2) is 16.5. The Morgan fingerprint density at radius 2 is 1.58 bits per heavy atom. The van der Waals surface area contributed by atoms with Crippen molar-refractivity contribution >= 4 is 28.1 Å². The fourth-order valence-electron chi connectivity index (χ4n) is 7.65. The van der Waals surface area contributed by atoms with Crippen molar-refractivity contribution in [2.24, 2.45) is 11.8 Å². The lowest BCUT2D eigenvalue weighted by molar-refractivity contribution is 0.411. The van der Waals surface area contributed by atoms with Crippen molar-refractivity contribution in [3.8, 4) is 0 Å². The fourth-order valence-corrected chi connectivity index (χ4v) is 7.65. The van der Waals surface area contributed by atoms with Gasteiger partial charge in [-0.1, -0.05) is 116 Å². The van der Waals surface area contributed by atoms with Crippen LogP contribution in [0.3, 0.4) is 0 Å². The Hall–Kier alpha value is -5.08. The van der Waals surface area contributed by atoms with Gasteiger partial charge in [-0.15, -0.1) is 0 Å². The number of allylic oxidation sites excluding steroid dienone is 15. The Balaban J connectivity index is 1.13. The van der Waals surface area contributed by atoms with Crippen molar-refractivity contribution in [3.63, 3.8) is 0 Å². The molecule has 2 N–H and O–H groups in total. The van der Waals surface area contributed by atoms with Crippen LogP contribution in [-0.4, -0.2) is 6.04 Å². The molecular formula is C48H50N2. The molecule has 0 radical (unpaired) electrons. The summed E-state index contributed by atoms with van der Waals surface area (Å²) in [6.07, 6.45) is 38.7. The second-order valence-corrected chi connectivity index (χ2v) is 14.0. The summed E-state index contributed by atoms with van der Waals surface area (Å²) in [7, 11) is 0. The smallest absolute Gasteiger partial charge is 0.0444 e. The third kappa shape index (κ3) is 8.55. The van der Waals surface area contributed by atoms with Gasteiger partial charge in [0.05, 0.1) is 0 Å². The van der Waals surface area contributed by atoms with Crippen LogP contribution < -0.4 is 10.6 Å². The molecule has 0 spiro atoms. The highest BCUT2D eigenvalue weighted by atomic mass is 14.9. The van der Waals surface area contributed by atoms with Crippen LogP contribution >= 0.6 is 0 Å². The second-order valence-electron chi connectivity index (χ2n) is 14.0. The van der Waals surface area contributed by atoms with E-state index in [9.17, 15) is 0 Å². The molecule has 3 aromatic carbocycles. The minimum atomic E-state index is 0.328. The van der Waals surface area contributed by atoms with E-state index in [1.807, 2.05) is 12.3 Å². The third-order valence-corrected chi connectivity index (χ3v) is 10.5. The molecule has 2 nitrogen and oxygen atoms in total. The molecule has 0 aliphatic heterocycles. The van der Waals surface area contributed by atoms with E-state index in [0.29, 0.717) is 17.9 Å². The first-order chi connectivity index (χ1) is 24.7. The molecule has 3 atom stereocenters. The highest BCUT2D eigenvalue weighted by molar-refractivity contribution is 5.89. The number of hydrogen-bond donors (Lipinski definition) is 2. The van der Waals surface area contributed by atoms with Crippen LogP contribution in [0.1, 0.15) is 74.5 Å². The highest BCUT2D eigenvalue weighted by Crippen LogP contribution is 2.38. The van der Waals surface area contributed by atoms with E-state index in [4.69, 9.17) is 0 Å². The lowest BCUT2D eigenvalue weighted by atomic mass is 9.77. The van der Waals surface area contributed by atoms with Crippen LogP contribution in [0.5, 0.6) is 0 Å². The maximum Gasteiger partial charge on any atom is 0.0444 e. The summed E-state index contributed by atoms with van der Waals surface area (Å²) in [6, 6.07) is 28.1. The van der Waals surface area contributed by atoms with E-state index in [1.54, 1.807) is 0 Å². The zero-order chi connectivity index (χ0) is 34.0. The molecule has 3 unspecified atom stereocenters. The summed E-state index contributed by atoms with van der Waals surface area (Å²) in [5.74, 6) is 1.16. The molecular weight excluding hydrogens is 605 g/mol. The Morgan fingerprint density at radius 3 is 2.34 bits per heavy atom. The molecule has 0 saturated heterocycles. The number of rotatable bonds is 11. The van der Waals surface area contributed by atoms with Crippen molar-refractivity contribution in [1.29, 1.82) is 0 Å².